The number of halogens is 2. The summed E-state index contributed by atoms with van der Waals surface area (Å²) >= 11 is 6.12. The molecule has 0 radical (unpaired) electrons. The molecule has 1 atom stereocenters. The van der Waals surface area contributed by atoms with Crippen LogP contribution in [-0.4, -0.2) is 25.8 Å². The molecule has 0 saturated carbocycles. The Balaban J connectivity index is 1.54. The molecule has 34 heavy (non-hydrogen) atoms. The van der Waals surface area contributed by atoms with Crippen LogP contribution in [0.1, 0.15) is 30.9 Å². The van der Waals surface area contributed by atoms with Crippen molar-refractivity contribution in [3.8, 4) is 23.0 Å². The van der Waals surface area contributed by atoms with Gasteiger partial charge in [-0.05, 0) is 67.8 Å². The molecule has 0 spiro atoms. The van der Waals surface area contributed by atoms with Crippen LogP contribution in [0.15, 0.2) is 60.7 Å². The highest BCUT2D eigenvalue weighted by atomic mass is 35.5. The molecular formula is C27H28ClFO5. The molecule has 0 N–H and O–H groups in total. The smallest absolute Gasteiger partial charge is 0.305 e. The number of ether oxygens (including phenoxy) is 4. The maximum atomic E-state index is 13.5. The molecule has 0 aromatic heterocycles. The number of benzene rings is 3. The Bertz CT molecular complexity index is 1120. The molecule has 0 aliphatic heterocycles. The molecule has 0 aliphatic rings. The monoisotopic (exact) mass is 486 g/mol. The average molecular weight is 487 g/mol. The normalized spacial score (nSPS) is 11.6. The Hall–Kier alpha value is -3.25. The van der Waals surface area contributed by atoms with Crippen molar-refractivity contribution in [3.05, 3.63) is 82.6 Å². The topological polar surface area (TPSA) is 54.0 Å². The number of carbonyl (C=O) groups excluding carboxylic acids is 1. The van der Waals surface area contributed by atoms with Crippen LogP contribution >= 0.6 is 11.6 Å². The highest BCUT2D eigenvalue weighted by molar-refractivity contribution is 6.30. The molecule has 0 amide bonds. The highest BCUT2D eigenvalue weighted by Gasteiger charge is 2.13. The van der Waals surface area contributed by atoms with Crippen LogP contribution < -0.4 is 14.2 Å². The van der Waals surface area contributed by atoms with Gasteiger partial charge in [0, 0.05) is 30.0 Å². The Morgan fingerprint density at radius 2 is 1.85 bits per heavy atom. The second-order valence-electron chi connectivity index (χ2n) is 7.88. The third-order valence-electron chi connectivity index (χ3n) is 5.19. The van der Waals surface area contributed by atoms with Gasteiger partial charge in [-0.25, -0.2) is 4.39 Å². The minimum atomic E-state index is -0.390. The van der Waals surface area contributed by atoms with Gasteiger partial charge < -0.3 is 18.9 Å². The minimum Gasteiger partial charge on any atom is -0.493 e. The fourth-order valence-corrected chi connectivity index (χ4v) is 3.47. The van der Waals surface area contributed by atoms with Gasteiger partial charge in [0.1, 0.15) is 17.3 Å². The summed E-state index contributed by atoms with van der Waals surface area (Å²) in [5.74, 6) is 1.41. The maximum Gasteiger partial charge on any atom is 0.305 e. The fourth-order valence-electron chi connectivity index (χ4n) is 3.31. The van der Waals surface area contributed by atoms with E-state index in [0.29, 0.717) is 48.1 Å². The third kappa shape index (κ3) is 7.66. The lowest BCUT2D eigenvalue weighted by molar-refractivity contribution is -0.140. The van der Waals surface area contributed by atoms with Gasteiger partial charge in [-0.1, -0.05) is 23.7 Å². The third-order valence-corrected chi connectivity index (χ3v) is 5.43. The first kappa shape index (κ1) is 25.4. The molecule has 0 aliphatic carbocycles. The number of carbonyl (C=O) groups is 1. The number of rotatable bonds is 11. The summed E-state index contributed by atoms with van der Waals surface area (Å²) in [7, 11) is 1.39. The van der Waals surface area contributed by atoms with Crippen molar-refractivity contribution in [2.45, 2.75) is 39.2 Å². The summed E-state index contributed by atoms with van der Waals surface area (Å²) < 4.78 is 35.9. The van der Waals surface area contributed by atoms with E-state index in [1.54, 1.807) is 30.3 Å². The van der Waals surface area contributed by atoms with Crippen molar-refractivity contribution < 1.29 is 28.1 Å². The highest BCUT2D eigenvalue weighted by Crippen LogP contribution is 2.35. The molecular weight excluding hydrogens is 459 g/mol. The van der Waals surface area contributed by atoms with E-state index < -0.39 is 0 Å². The summed E-state index contributed by atoms with van der Waals surface area (Å²) in [5, 5.41) is 0.486. The first-order valence-corrected chi connectivity index (χ1v) is 11.4. The van der Waals surface area contributed by atoms with Gasteiger partial charge in [-0.3, -0.25) is 4.79 Å². The molecule has 0 fully saturated rings. The lowest BCUT2D eigenvalue weighted by atomic mass is 10.0. The molecule has 0 bridgehead atoms. The van der Waals surface area contributed by atoms with Gasteiger partial charge in [0.15, 0.2) is 11.5 Å². The fraction of sp³-hybridized carbons (Fsp3) is 0.296. The van der Waals surface area contributed by atoms with E-state index in [-0.39, 0.29) is 17.9 Å². The molecule has 5 nitrogen and oxygen atoms in total. The number of methoxy groups -OCH3 is 1. The molecule has 7 heteroatoms. The summed E-state index contributed by atoms with van der Waals surface area (Å²) in [6.07, 6.45) is 1.44. The van der Waals surface area contributed by atoms with Gasteiger partial charge in [0.25, 0.3) is 0 Å². The Morgan fingerprint density at radius 3 is 2.59 bits per heavy atom. The SMILES string of the molecule is COC(=O)CCc1ccc(OCC[C@H](C)Oc2ccc(Cl)cc2Oc2cccc(F)c2)cc1C. The first-order chi connectivity index (χ1) is 16.3. The first-order valence-electron chi connectivity index (χ1n) is 11.0. The van der Waals surface area contributed by atoms with Crippen molar-refractivity contribution in [2.24, 2.45) is 0 Å². The molecule has 0 saturated heterocycles. The van der Waals surface area contributed by atoms with Crippen LogP contribution in [0.4, 0.5) is 4.39 Å². The number of aryl methyl sites for hydroxylation is 2. The van der Waals surface area contributed by atoms with Gasteiger partial charge >= 0.3 is 5.97 Å². The summed E-state index contributed by atoms with van der Waals surface area (Å²) in [6.45, 7) is 4.38. The Morgan fingerprint density at radius 1 is 1.03 bits per heavy atom. The average Bonchev–Trinajstić information content (AvgIpc) is 2.80. The van der Waals surface area contributed by atoms with E-state index >= 15 is 0 Å². The predicted octanol–water partition coefficient (Wildman–Crippen LogP) is 6.92. The van der Waals surface area contributed by atoms with Gasteiger partial charge in [0.2, 0.25) is 0 Å². The van der Waals surface area contributed by atoms with Gasteiger partial charge in [0.05, 0.1) is 19.8 Å². The van der Waals surface area contributed by atoms with Crippen molar-refractivity contribution in [1.29, 1.82) is 0 Å². The van der Waals surface area contributed by atoms with Crippen LogP contribution in [0.2, 0.25) is 5.02 Å². The quantitative estimate of drug-likeness (QED) is 0.275. The van der Waals surface area contributed by atoms with Crippen LogP contribution in [0.25, 0.3) is 0 Å². The zero-order valence-corrected chi connectivity index (χ0v) is 20.2. The van der Waals surface area contributed by atoms with E-state index in [4.69, 9.17) is 30.5 Å². The predicted molar refractivity (Wildman–Crippen MR) is 130 cm³/mol. The maximum absolute atomic E-state index is 13.5. The summed E-state index contributed by atoms with van der Waals surface area (Å²) in [4.78, 5) is 11.4. The van der Waals surface area contributed by atoms with Crippen LogP contribution in [-0.2, 0) is 16.0 Å². The minimum absolute atomic E-state index is 0.170. The van der Waals surface area contributed by atoms with E-state index in [1.807, 2.05) is 32.0 Å². The molecule has 0 unspecified atom stereocenters. The van der Waals surface area contributed by atoms with Crippen molar-refractivity contribution in [1.82, 2.24) is 0 Å². The molecule has 3 aromatic rings. The van der Waals surface area contributed by atoms with Crippen LogP contribution in [0, 0.1) is 12.7 Å². The zero-order valence-electron chi connectivity index (χ0n) is 19.5. The summed E-state index contributed by atoms with van der Waals surface area (Å²) in [6, 6.07) is 16.8. The Labute approximate surface area is 204 Å². The number of hydrogen-bond acceptors (Lipinski definition) is 5. The number of esters is 1. The van der Waals surface area contributed by atoms with Gasteiger partial charge in [-0.2, -0.15) is 0 Å². The zero-order chi connectivity index (χ0) is 24.5. The largest absolute Gasteiger partial charge is 0.493 e. The van der Waals surface area contributed by atoms with E-state index in [9.17, 15) is 9.18 Å². The molecule has 180 valence electrons. The van der Waals surface area contributed by atoms with E-state index in [0.717, 1.165) is 16.9 Å². The lowest BCUT2D eigenvalue weighted by Crippen LogP contribution is -2.16. The standard InChI is InChI=1S/C27H28ClFO5/c1-18-15-23(10-7-20(18)8-12-27(30)31-3)32-14-13-19(2)33-25-11-9-21(28)16-26(25)34-24-6-4-5-22(29)17-24/h4-7,9-11,15-17,19H,8,12-14H2,1-3H3/t19-/m0/s1. The van der Waals surface area contributed by atoms with Crippen LogP contribution in [0.5, 0.6) is 23.0 Å². The van der Waals surface area contributed by atoms with Crippen molar-refractivity contribution >= 4 is 17.6 Å². The Kier molecular flexibility index (Phi) is 9.16. The summed E-state index contributed by atoms with van der Waals surface area (Å²) in [5.41, 5.74) is 2.15. The van der Waals surface area contributed by atoms with E-state index in [1.165, 1.54) is 19.2 Å². The lowest BCUT2D eigenvalue weighted by Gasteiger charge is -2.18. The van der Waals surface area contributed by atoms with Crippen LogP contribution in [0.3, 0.4) is 0 Å². The van der Waals surface area contributed by atoms with Crippen molar-refractivity contribution in [2.75, 3.05) is 13.7 Å². The second-order valence-corrected chi connectivity index (χ2v) is 8.32. The van der Waals surface area contributed by atoms with Gasteiger partial charge in [-0.15, -0.1) is 0 Å². The van der Waals surface area contributed by atoms with E-state index in [2.05, 4.69) is 0 Å². The molecule has 0 heterocycles. The second kappa shape index (κ2) is 12.3. The number of hydrogen-bond donors (Lipinski definition) is 0. The van der Waals surface area contributed by atoms with Crippen molar-refractivity contribution in [3.63, 3.8) is 0 Å². The molecule has 3 rings (SSSR count). The molecule has 3 aromatic carbocycles.